The van der Waals surface area contributed by atoms with Crippen molar-refractivity contribution >= 4 is 39.6 Å². The molecular weight excluding hydrogens is 464 g/mol. The summed E-state index contributed by atoms with van der Waals surface area (Å²) in [5.74, 6) is 0.0873. The van der Waals surface area contributed by atoms with E-state index in [9.17, 15) is 14.9 Å². The van der Waals surface area contributed by atoms with E-state index >= 15 is 0 Å². The Morgan fingerprint density at radius 3 is 2.48 bits per heavy atom. The average Bonchev–Trinajstić information content (AvgIpc) is 3.14. The number of nitro groups is 1. The van der Waals surface area contributed by atoms with Gasteiger partial charge in [-0.2, -0.15) is 0 Å². The molecule has 0 bridgehead atoms. The summed E-state index contributed by atoms with van der Waals surface area (Å²) >= 11 is 3.50. The molecule has 1 aliphatic heterocycles. The number of carbonyl (C=O) groups is 1. The Morgan fingerprint density at radius 2 is 1.74 bits per heavy atom. The highest BCUT2D eigenvalue weighted by molar-refractivity contribution is 9.10. The lowest BCUT2D eigenvalue weighted by Crippen LogP contribution is -2.05. The van der Waals surface area contributed by atoms with E-state index < -0.39 is 10.9 Å². The number of para-hydroxylation sites is 1. The van der Waals surface area contributed by atoms with Gasteiger partial charge in [-0.25, -0.2) is 9.79 Å². The summed E-state index contributed by atoms with van der Waals surface area (Å²) in [4.78, 5) is 26.9. The van der Waals surface area contributed by atoms with Gasteiger partial charge in [0.15, 0.2) is 5.70 Å². The zero-order chi connectivity index (χ0) is 21.8. The van der Waals surface area contributed by atoms with Crippen molar-refractivity contribution in [3.63, 3.8) is 0 Å². The number of cyclic esters (lactones) is 1. The highest BCUT2D eigenvalue weighted by Gasteiger charge is 2.25. The average molecular weight is 479 g/mol. The number of nitro benzene ring substituents is 1. The lowest BCUT2D eigenvalue weighted by atomic mass is 10.1. The van der Waals surface area contributed by atoms with Crippen molar-refractivity contribution in [2.45, 2.75) is 6.61 Å². The fourth-order valence-corrected chi connectivity index (χ4v) is 3.31. The maximum absolute atomic E-state index is 12.3. The van der Waals surface area contributed by atoms with Crippen LogP contribution in [0.25, 0.3) is 6.08 Å². The van der Waals surface area contributed by atoms with Crippen molar-refractivity contribution in [3.8, 4) is 5.75 Å². The zero-order valence-electron chi connectivity index (χ0n) is 16.0. The number of aliphatic imine (C=N–C) groups is 1. The third-order valence-corrected chi connectivity index (χ3v) is 5.27. The number of benzene rings is 3. The summed E-state index contributed by atoms with van der Waals surface area (Å²) < 4.78 is 12.1. The molecule has 8 heteroatoms. The van der Waals surface area contributed by atoms with Gasteiger partial charge in [-0.3, -0.25) is 10.1 Å². The highest BCUT2D eigenvalue weighted by atomic mass is 79.9. The molecule has 0 N–H and O–H groups in total. The molecular formula is C23H15BrN2O5. The minimum Gasteiger partial charge on any atom is -0.488 e. The predicted octanol–water partition coefficient (Wildman–Crippen LogP) is 5.28. The van der Waals surface area contributed by atoms with E-state index in [1.165, 1.54) is 24.3 Å². The lowest BCUT2D eigenvalue weighted by molar-refractivity contribution is -0.384. The minimum absolute atomic E-state index is 0.0550. The first-order valence-electron chi connectivity index (χ1n) is 9.24. The normalized spacial score (nSPS) is 14.3. The first-order valence-corrected chi connectivity index (χ1v) is 10.0. The topological polar surface area (TPSA) is 91.0 Å². The smallest absolute Gasteiger partial charge is 0.363 e. The predicted molar refractivity (Wildman–Crippen MR) is 119 cm³/mol. The van der Waals surface area contributed by atoms with Gasteiger partial charge in [0.2, 0.25) is 5.90 Å². The zero-order valence-corrected chi connectivity index (χ0v) is 17.6. The van der Waals surface area contributed by atoms with Gasteiger partial charge >= 0.3 is 5.97 Å². The highest BCUT2D eigenvalue weighted by Crippen LogP contribution is 2.27. The van der Waals surface area contributed by atoms with E-state index in [2.05, 4.69) is 20.9 Å². The van der Waals surface area contributed by atoms with Gasteiger partial charge in [0.25, 0.3) is 5.69 Å². The van der Waals surface area contributed by atoms with Crippen LogP contribution in [0.4, 0.5) is 5.69 Å². The van der Waals surface area contributed by atoms with Gasteiger partial charge in [0.1, 0.15) is 12.4 Å². The summed E-state index contributed by atoms with van der Waals surface area (Å²) in [7, 11) is 0. The van der Waals surface area contributed by atoms with Crippen LogP contribution in [-0.4, -0.2) is 16.8 Å². The molecule has 0 radical (unpaired) electrons. The summed E-state index contributed by atoms with van der Waals surface area (Å²) in [6.07, 6.45) is 1.59. The number of rotatable bonds is 6. The molecule has 0 aliphatic carbocycles. The molecule has 0 spiro atoms. The maximum Gasteiger partial charge on any atom is 0.363 e. The number of hydrogen-bond donors (Lipinski definition) is 0. The summed E-state index contributed by atoms with van der Waals surface area (Å²) in [6.45, 7) is 0.351. The fourth-order valence-electron chi connectivity index (χ4n) is 2.91. The van der Waals surface area contributed by atoms with E-state index in [0.717, 1.165) is 10.0 Å². The summed E-state index contributed by atoms with van der Waals surface area (Å²) in [5.41, 5.74) is 2.20. The molecule has 7 nitrogen and oxygen atoms in total. The third kappa shape index (κ3) is 4.70. The van der Waals surface area contributed by atoms with Crippen LogP contribution in [0.5, 0.6) is 5.75 Å². The monoisotopic (exact) mass is 478 g/mol. The minimum atomic E-state index is -0.603. The Balaban J connectivity index is 1.57. The number of halogens is 1. The number of carbonyl (C=O) groups excluding carboxylic acids is 1. The number of hydrogen-bond acceptors (Lipinski definition) is 6. The maximum atomic E-state index is 12.3. The van der Waals surface area contributed by atoms with Gasteiger partial charge in [-0.15, -0.1) is 0 Å². The fraction of sp³-hybridized carbons (Fsp3) is 0.0435. The molecule has 3 aromatic carbocycles. The van der Waals surface area contributed by atoms with Crippen LogP contribution in [-0.2, 0) is 16.1 Å². The molecule has 31 heavy (non-hydrogen) atoms. The molecule has 0 unspecified atom stereocenters. The number of non-ortho nitro benzene ring substituents is 1. The van der Waals surface area contributed by atoms with Crippen LogP contribution in [0.15, 0.2) is 88.0 Å². The summed E-state index contributed by atoms with van der Waals surface area (Å²) in [5, 5.41) is 10.8. The van der Waals surface area contributed by atoms with Crippen LogP contribution in [0, 0.1) is 10.1 Å². The molecule has 1 aliphatic rings. The first-order chi connectivity index (χ1) is 15.0. The first kappa shape index (κ1) is 20.5. The Kier molecular flexibility index (Phi) is 5.90. The van der Waals surface area contributed by atoms with Crippen molar-refractivity contribution < 1.29 is 19.2 Å². The Bertz CT molecular complexity index is 1220. The molecule has 0 fully saturated rings. The molecule has 0 amide bonds. The third-order valence-electron chi connectivity index (χ3n) is 4.50. The van der Waals surface area contributed by atoms with Crippen molar-refractivity contribution in [3.05, 3.63) is 110 Å². The molecule has 0 atom stereocenters. The van der Waals surface area contributed by atoms with E-state index in [4.69, 9.17) is 9.47 Å². The molecule has 0 aromatic heterocycles. The van der Waals surface area contributed by atoms with E-state index in [0.29, 0.717) is 23.5 Å². The SMILES string of the molecule is O=C1OC(c2ccc([N+](=O)[O-])cc2)=N/C1=C\c1ccccc1OCc1ccccc1Br. The molecule has 4 rings (SSSR count). The number of nitrogens with zero attached hydrogens (tertiary/aromatic N) is 2. The molecule has 154 valence electrons. The van der Waals surface area contributed by atoms with Crippen LogP contribution < -0.4 is 4.74 Å². The van der Waals surface area contributed by atoms with Crippen LogP contribution in [0.2, 0.25) is 0 Å². The Hall–Kier alpha value is -3.78. The Morgan fingerprint density at radius 1 is 1.03 bits per heavy atom. The van der Waals surface area contributed by atoms with Crippen molar-refractivity contribution in [1.82, 2.24) is 0 Å². The molecule has 0 saturated heterocycles. The second kappa shape index (κ2) is 8.93. The number of ether oxygens (including phenoxy) is 2. The van der Waals surface area contributed by atoms with Gasteiger partial charge < -0.3 is 9.47 Å². The van der Waals surface area contributed by atoms with Gasteiger partial charge in [0.05, 0.1) is 4.92 Å². The van der Waals surface area contributed by atoms with E-state index in [1.807, 2.05) is 48.5 Å². The standard InChI is InChI=1S/C23H15BrN2O5/c24-19-7-3-1-6-17(19)14-30-21-8-4-2-5-16(21)13-20-23(27)31-22(25-20)15-9-11-18(12-10-15)26(28)29/h1-13H,14H2/b20-13-. The van der Waals surface area contributed by atoms with Crippen LogP contribution >= 0.6 is 15.9 Å². The largest absolute Gasteiger partial charge is 0.488 e. The van der Waals surface area contributed by atoms with Crippen molar-refractivity contribution in [2.75, 3.05) is 0 Å². The second-order valence-corrected chi connectivity index (χ2v) is 7.41. The van der Waals surface area contributed by atoms with Gasteiger partial charge in [-0.1, -0.05) is 52.3 Å². The van der Waals surface area contributed by atoms with Crippen LogP contribution in [0.3, 0.4) is 0 Å². The Labute approximate surface area is 185 Å². The van der Waals surface area contributed by atoms with Gasteiger partial charge in [0, 0.05) is 33.3 Å². The van der Waals surface area contributed by atoms with E-state index in [-0.39, 0.29) is 17.3 Å². The van der Waals surface area contributed by atoms with Crippen molar-refractivity contribution in [1.29, 1.82) is 0 Å². The van der Waals surface area contributed by atoms with E-state index in [1.54, 1.807) is 6.08 Å². The lowest BCUT2D eigenvalue weighted by Gasteiger charge is -2.10. The number of esters is 1. The molecule has 3 aromatic rings. The quantitative estimate of drug-likeness (QED) is 0.208. The summed E-state index contributed by atoms with van der Waals surface area (Å²) in [6, 6.07) is 20.7. The second-order valence-electron chi connectivity index (χ2n) is 6.56. The van der Waals surface area contributed by atoms with Gasteiger partial charge in [-0.05, 0) is 30.3 Å². The van der Waals surface area contributed by atoms with Crippen LogP contribution in [0.1, 0.15) is 16.7 Å². The molecule has 0 saturated carbocycles. The van der Waals surface area contributed by atoms with Crippen molar-refractivity contribution in [2.24, 2.45) is 4.99 Å². The molecule has 1 heterocycles.